The Kier molecular flexibility index (Phi) is 9.90. The van der Waals surface area contributed by atoms with Gasteiger partial charge >= 0.3 is 0 Å². The summed E-state index contributed by atoms with van der Waals surface area (Å²) in [5.41, 5.74) is 6.84. The van der Waals surface area contributed by atoms with Crippen molar-refractivity contribution in [2.45, 2.75) is 32.0 Å². The van der Waals surface area contributed by atoms with Gasteiger partial charge in [0.2, 0.25) is 0 Å². The minimum atomic E-state index is -0.482. The molecule has 0 spiro atoms. The van der Waals surface area contributed by atoms with Crippen molar-refractivity contribution in [1.29, 1.82) is 5.26 Å². The molecule has 216 valence electrons. The molecule has 5 rings (SSSR count). The zero-order chi connectivity index (χ0) is 29.1. The van der Waals surface area contributed by atoms with Crippen LogP contribution in [0.3, 0.4) is 0 Å². The molecular formula is C32H33N5O5. The van der Waals surface area contributed by atoms with E-state index in [1.54, 1.807) is 18.5 Å². The van der Waals surface area contributed by atoms with Crippen LogP contribution in [-0.2, 0) is 9.57 Å². The number of hydrogen-bond acceptors (Lipinski definition) is 9. The van der Waals surface area contributed by atoms with Gasteiger partial charge in [-0.25, -0.2) is 15.3 Å². The minimum absolute atomic E-state index is 0.293. The van der Waals surface area contributed by atoms with Gasteiger partial charge in [-0.05, 0) is 42.2 Å². The number of pyridine rings is 2. The molecule has 1 saturated heterocycles. The van der Waals surface area contributed by atoms with Gasteiger partial charge in [0.25, 0.3) is 5.91 Å². The first kappa shape index (κ1) is 29.0. The molecule has 1 aliphatic heterocycles. The first-order valence-electron chi connectivity index (χ1n) is 14.0. The van der Waals surface area contributed by atoms with Crippen LogP contribution < -0.4 is 20.3 Å². The number of hydrogen-bond donors (Lipinski definition) is 2. The maximum Gasteiger partial charge on any atom is 0.279 e. The van der Waals surface area contributed by atoms with Gasteiger partial charge in [0, 0.05) is 55.9 Å². The molecule has 10 nitrogen and oxygen atoms in total. The fraction of sp³-hybridized carbons (Fsp3) is 0.312. The second kappa shape index (κ2) is 14.4. The summed E-state index contributed by atoms with van der Waals surface area (Å²) in [6.45, 7) is 2.47. The molecule has 1 atom stereocenters. The summed E-state index contributed by atoms with van der Waals surface area (Å²) in [5.74, 6) is 0.652. The Bertz CT molecular complexity index is 1530. The Balaban J connectivity index is 1.34. The number of carbonyl (C=O) groups is 1. The van der Waals surface area contributed by atoms with E-state index >= 15 is 0 Å². The van der Waals surface area contributed by atoms with Crippen molar-refractivity contribution < 1.29 is 23.8 Å². The number of nitrogens with one attached hydrogen (secondary N) is 2. The zero-order valence-corrected chi connectivity index (χ0v) is 23.5. The largest absolute Gasteiger partial charge is 0.494 e. The van der Waals surface area contributed by atoms with Crippen molar-refractivity contribution >= 4 is 16.8 Å². The summed E-state index contributed by atoms with van der Waals surface area (Å²) in [6, 6.07) is 19.7. The normalized spacial score (nSPS) is 14.7. The van der Waals surface area contributed by atoms with Crippen molar-refractivity contribution in [2.75, 3.05) is 33.4 Å². The van der Waals surface area contributed by atoms with Crippen LogP contribution in [0.1, 0.15) is 36.0 Å². The maximum atomic E-state index is 13.4. The lowest BCUT2D eigenvalue weighted by atomic mass is 10.00. The van der Waals surface area contributed by atoms with Crippen LogP contribution >= 0.6 is 0 Å². The number of nitrogens with zero attached hydrogens (tertiary/aromatic N) is 3. The molecule has 1 unspecified atom stereocenters. The Morgan fingerprint density at radius 2 is 1.81 bits per heavy atom. The van der Waals surface area contributed by atoms with Crippen molar-refractivity contribution in [3.05, 3.63) is 72.6 Å². The van der Waals surface area contributed by atoms with Crippen LogP contribution in [0.2, 0.25) is 0 Å². The third-order valence-corrected chi connectivity index (χ3v) is 6.90. The molecule has 2 N–H and O–H groups in total. The Labute approximate surface area is 244 Å². The maximum absolute atomic E-state index is 13.4. The van der Waals surface area contributed by atoms with Gasteiger partial charge in [-0.2, -0.15) is 5.26 Å². The lowest BCUT2D eigenvalue weighted by molar-refractivity contribution is -0.186. The van der Waals surface area contributed by atoms with E-state index in [4.69, 9.17) is 29.3 Å². The van der Waals surface area contributed by atoms with E-state index in [0.29, 0.717) is 67.1 Å². The van der Waals surface area contributed by atoms with Crippen LogP contribution in [0.5, 0.6) is 11.5 Å². The van der Waals surface area contributed by atoms with Crippen molar-refractivity contribution in [3.8, 4) is 40.0 Å². The predicted octanol–water partition coefficient (Wildman–Crippen LogP) is 5.04. The van der Waals surface area contributed by atoms with Gasteiger partial charge in [-0.15, -0.1) is 0 Å². The lowest BCUT2D eigenvalue weighted by Crippen LogP contribution is -2.33. The smallest absolute Gasteiger partial charge is 0.279 e. The van der Waals surface area contributed by atoms with Crippen molar-refractivity contribution in [3.63, 3.8) is 0 Å². The van der Waals surface area contributed by atoms with Crippen LogP contribution in [-0.4, -0.2) is 55.6 Å². The number of methoxy groups -OCH3 is 1. The van der Waals surface area contributed by atoms with Gasteiger partial charge in [-0.1, -0.05) is 36.4 Å². The monoisotopic (exact) mass is 567 g/mol. The number of fused-ring (bicyclic) bond motifs is 1. The zero-order valence-electron chi connectivity index (χ0n) is 23.5. The number of carbonyl (C=O) groups excluding carboxylic acids is 1. The van der Waals surface area contributed by atoms with Gasteiger partial charge in [0.15, 0.2) is 12.0 Å². The van der Waals surface area contributed by atoms with Gasteiger partial charge in [-0.3, -0.25) is 9.78 Å². The van der Waals surface area contributed by atoms with Gasteiger partial charge in [0.1, 0.15) is 18.1 Å². The average Bonchev–Trinajstić information content (AvgIpc) is 3.05. The summed E-state index contributed by atoms with van der Waals surface area (Å²) in [6.07, 6.45) is 5.91. The number of benzene rings is 2. The number of amides is 1. The summed E-state index contributed by atoms with van der Waals surface area (Å²) in [4.78, 5) is 28.0. The molecule has 3 heterocycles. The van der Waals surface area contributed by atoms with Crippen molar-refractivity contribution in [1.82, 2.24) is 20.8 Å². The molecule has 10 heteroatoms. The summed E-state index contributed by atoms with van der Waals surface area (Å²) in [7, 11) is 1.52. The number of hydroxylamine groups is 1. The van der Waals surface area contributed by atoms with Crippen LogP contribution in [0.25, 0.3) is 33.3 Å². The highest BCUT2D eigenvalue weighted by Crippen LogP contribution is 2.37. The summed E-state index contributed by atoms with van der Waals surface area (Å²) < 4.78 is 17.1. The fourth-order valence-electron chi connectivity index (χ4n) is 4.76. The highest BCUT2D eigenvalue weighted by Gasteiger charge is 2.24. The van der Waals surface area contributed by atoms with E-state index in [-0.39, 0.29) is 0 Å². The molecule has 42 heavy (non-hydrogen) atoms. The predicted molar refractivity (Wildman–Crippen MR) is 158 cm³/mol. The number of rotatable bonds is 12. The molecule has 0 aliphatic carbocycles. The molecule has 1 fully saturated rings. The molecule has 1 aliphatic rings. The summed E-state index contributed by atoms with van der Waals surface area (Å²) in [5, 5.41) is 12.3. The molecule has 4 aromatic rings. The molecule has 0 radical (unpaired) electrons. The Morgan fingerprint density at radius 1 is 1.05 bits per heavy atom. The van der Waals surface area contributed by atoms with E-state index in [0.717, 1.165) is 35.3 Å². The SMILES string of the molecule is COc1c(-c2ccc(-c3ccc(OCCNCCC#N)cc3)cc2)nc2ccncc2c1C(=O)NOC1CCCCO1. The minimum Gasteiger partial charge on any atom is -0.494 e. The number of aromatic nitrogens is 2. The average molecular weight is 568 g/mol. The third kappa shape index (κ3) is 7.01. The van der Waals surface area contributed by atoms with Gasteiger partial charge < -0.3 is 19.5 Å². The molecular weight excluding hydrogens is 534 g/mol. The van der Waals surface area contributed by atoms with E-state index in [1.165, 1.54) is 7.11 Å². The first-order valence-corrected chi connectivity index (χ1v) is 14.0. The van der Waals surface area contributed by atoms with E-state index in [9.17, 15) is 4.79 Å². The summed E-state index contributed by atoms with van der Waals surface area (Å²) >= 11 is 0. The quantitative estimate of drug-likeness (QED) is 0.179. The fourth-order valence-corrected chi connectivity index (χ4v) is 4.76. The van der Waals surface area contributed by atoms with E-state index < -0.39 is 12.2 Å². The number of ether oxygens (including phenoxy) is 3. The highest BCUT2D eigenvalue weighted by atomic mass is 16.8. The molecule has 0 bridgehead atoms. The van der Waals surface area contributed by atoms with E-state index in [1.807, 2.05) is 48.5 Å². The molecule has 1 amide bonds. The first-order chi connectivity index (χ1) is 20.7. The molecule has 0 saturated carbocycles. The van der Waals surface area contributed by atoms with Crippen LogP contribution in [0, 0.1) is 11.3 Å². The molecule has 2 aromatic heterocycles. The Hall–Kier alpha value is -4.56. The van der Waals surface area contributed by atoms with Crippen LogP contribution in [0.4, 0.5) is 0 Å². The topological polar surface area (TPSA) is 128 Å². The van der Waals surface area contributed by atoms with Gasteiger partial charge in [0.05, 0.1) is 24.3 Å². The highest BCUT2D eigenvalue weighted by molar-refractivity contribution is 6.09. The van der Waals surface area contributed by atoms with Crippen LogP contribution in [0.15, 0.2) is 67.0 Å². The van der Waals surface area contributed by atoms with E-state index in [2.05, 4.69) is 21.9 Å². The Morgan fingerprint density at radius 3 is 2.52 bits per heavy atom. The molecule has 2 aromatic carbocycles. The third-order valence-electron chi connectivity index (χ3n) is 6.90. The second-order valence-electron chi connectivity index (χ2n) is 9.71. The second-order valence-corrected chi connectivity index (χ2v) is 9.71. The standard InChI is InChI=1S/C32H33N5O5/c1-39-31-29(32(38)37-42-28-5-2-3-19-41-28)26-21-35-17-14-27(26)36-30(31)24-8-6-22(7-9-24)23-10-12-25(13-11-23)40-20-18-34-16-4-15-33/h6-14,17,21,28,34H,2-5,16,18-20H2,1H3,(H,37,38). The van der Waals surface area contributed by atoms with Crippen molar-refractivity contribution in [2.24, 2.45) is 0 Å². The number of nitriles is 1. The lowest BCUT2D eigenvalue weighted by Gasteiger charge is -2.22.